The molecule has 0 unspecified atom stereocenters. The summed E-state index contributed by atoms with van der Waals surface area (Å²) in [5, 5.41) is 5.01. The maximum absolute atomic E-state index is 6.15. The first-order valence-corrected chi connectivity index (χ1v) is 10.7. The number of hydrazone groups is 1. The van der Waals surface area contributed by atoms with Crippen molar-refractivity contribution in [3.8, 4) is 11.5 Å². The van der Waals surface area contributed by atoms with Crippen molar-refractivity contribution in [2.45, 2.75) is 20.1 Å². The van der Waals surface area contributed by atoms with Crippen molar-refractivity contribution in [3.05, 3.63) is 92.0 Å². The zero-order chi connectivity index (χ0) is 20.5. The van der Waals surface area contributed by atoms with Crippen LogP contribution in [0.15, 0.2) is 71.8 Å². The monoisotopic (exact) mass is 520 g/mol. The summed E-state index contributed by atoms with van der Waals surface area (Å²) in [5.41, 5.74) is 6.05. The molecule has 6 heteroatoms. The molecule has 0 aliphatic carbocycles. The molecular formula is C23H22ClIN2O2. The number of nitrogens with zero attached hydrogens (tertiary/aromatic N) is 1. The summed E-state index contributed by atoms with van der Waals surface area (Å²) in [6.45, 7) is 3.57. The molecule has 0 saturated carbocycles. The van der Waals surface area contributed by atoms with E-state index in [0.29, 0.717) is 31.3 Å². The van der Waals surface area contributed by atoms with Gasteiger partial charge >= 0.3 is 0 Å². The van der Waals surface area contributed by atoms with Gasteiger partial charge in [0.05, 0.1) is 19.4 Å². The Morgan fingerprint density at radius 2 is 1.79 bits per heavy atom. The lowest BCUT2D eigenvalue weighted by atomic mass is 10.2. The summed E-state index contributed by atoms with van der Waals surface area (Å²) in [5.74, 6) is 1.42. The van der Waals surface area contributed by atoms with Gasteiger partial charge in [-0.25, -0.2) is 0 Å². The molecule has 0 aliphatic heterocycles. The minimum Gasteiger partial charge on any atom is -0.490 e. The highest BCUT2D eigenvalue weighted by molar-refractivity contribution is 14.1. The minimum atomic E-state index is 0.490. The van der Waals surface area contributed by atoms with E-state index in [1.54, 1.807) is 6.21 Å². The molecule has 150 valence electrons. The molecule has 3 aromatic carbocycles. The van der Waals surface area contributed by atoms with Crippen molar-refractivity contribution in [1.82, 2.24) is 5.43 Å². The molecule has 29 heavy (non-hydrogen) atoms. The Hall–Kier alpha value is -2.25. The second kappa shape index (κ2) is 11.1. The van der Waals surface area contributed by atoms with E-state index in [1.807, 2.05) is 49.4 Å². The van der Waals surface area contributed by atoms with Gasteiger partial charge in [-0.15, -0.1) is 0 Å². The second-order valence-corrected chi connectivity index (χ2v) is 7.89. The quantitative estimate of drug-likeness (QED) is 0.212. The van der Waals surface area contributed by atoms with Gasteiger partial charge in [-0.1, -0.05) is 41.9 Å². The highest BCUT2D eigenvalue weighted by atomic mass is 127. The van der Waals surface area contributed by atoms with Crippen molar-refractivity contribution in [1.29, 1.82) is 0 Å². The summed E-state index contributed by atoms with van der Waals surface area (Å²) in [6, 6.07) is 21.7. The topological polar surface area (TPSA) is 42.8 Å². The Morgan fingerprint density at radius 1 is 1.00 bits per heavy atom. The first-order chi connectivity index (χ1) is 14.2. The molecule has 0 saturated heterocycles. The van der Waals surface area contributed by atoms with Crippen molar-refractivity contribution >= 4 is 40.4 Å². The number of halogens is 2. The lowest BCUT2D eigenvalue weighted by Gasteiger charge is -2.12. The summed E-state index contributed by atoms with van der Waals surface area (Å²) >= 11 is 8.44. The van der Waals surface area contributed by atoms with Crippen LogP contribution in [-0.4, -0.2) is 12.8 Å². The third-order valence-electron chi connectivity index (χ3n) is 4.11. The van der Waals surface area contributed by atoms with E-state index in [4.69, 9.17) is 21.1 Å². The number of rotatable bonds is 9. The van der Waals surface area contributed by atoms with Crippen LogP contribution >= 0.6 is 34.2 Å². The van der Waals surface area contributed by atoms with Gasteiger partial charge in [-0.05, 0) is 82.6 Å². The molecule has 3 rings (SSSR count). The van der Waals surface area contributed by atoms with Gasteiger partial charge in [0.1, 0.15) is 6.61 Å². The van der Waals surface area contributed by atoms with Gasteiger partial charge in [0, 0.05) is 8.59 Å². The molecule has 0 atom stereocenters. The molecule has 0 heterocycles. The second-order valence-electron chi connectivity index (χ2n) is 6.24. The average molecular weight is 521 g/mol. The molecule has 0 amide bonds. The average Bonchev–Trinajstić information content (AvgIpc) is 2.73. The van der Waals surface area contributed by atoms with Crippen LogP contribution in [0.2, 0.25) is 5.02 Å². The van der Waals surface area contributed by atoms with Gasteiger partial charge in [-0.2, -0.15) is 5.10 Å². The third-order valence-corrected chi connectivity index (χ3v) is 5.20. The molecule has 0 aromatic heterocycles. The number of hydrogen-bond acceptors (Lipinski definition) is 4. The van der Waals surface area contributed by atoms with Crippen LogP contribution in [0.25, 0.3) is 0 Å². The van der Waals surface area contributed by atoms with E-state index < -0.39 is 0 Å². The van der Waals surface area contributed by atoms with E-state index in [0.717, 1.165) is 21.7 Å². The SMILES string of the molecule is CCOc1cc(/C=N\NCc2ccccc2Cl)ccc1OCc1ccc(I)cc1. The fourth-order valence-electron chi connectivity index (χ4n) is 2.63. The smallest absolute Gasteiger partial charge is 0.161 e. The fourth-order valence-corrected chi connectivity index (χ4v) is 3.19. The molecule has 0 radical (unpaired) electrons. The van der Waals surface area contributed by atoms with Crippen LogP contribution in [0.5, 0.6) is 11.5 Å². The maximum atomic E-state index is 6.15. The van der Waals surface area contributed by atoms with Gasteiger partial charge in [0.25, 0.3) is 0 Å². The minimum absolute atomic E-state index is 0.490. The molecule has 4 nitrogen and oxygen atoms in total. The van der Waals surface area contributed by atoms with Crippen molar-refractivity contribution in [2.75, 3.05) is 6.61 Å². The van der Waals surface area contributed by atoms with Crippen LogP contribution in [0.3, 0.4) is 0 Å². The summed E-state index contributed by atoms with van der Waals surface area (Å²) in [6.07, 6.45) is 1.75. The zero-order valence-electron chi connectivity index (χ0n) is 16.1. The number of nitrogens with one attached hydrogen (secondary N) is 1. The van der Waals surface area contributed by atoms with Crippen molar-refractivity contribution in [3.63, 3.8) is 0 Å². The molecule has 1 N–H and O–H groups in total. The van der Waals surface area contributed by atoms with Crippen molar-refractivity contribution in [2.24, 2.45) is 5.10 Å². The zero-order valence-corrected chi connectivity index (χ0v) is 19.0. The van der Waals surface area contributed by atoms with E-state index in [-0.39, 0.29) is 0 Å². The Balaban J connectivity index is 1.62. The number of hydrogen-bond donors (Lipinski definition) is 1. The van der Waals surface area contributed by atoms with Crippen molar-refractivity contribution < 1.29 is 9.47 Å². The van der Waals surface area contributed by atoms with Gasteiger partial charge in [0.2, 0.25) is 0 Å². The summed E-state index contributed by atoms with van der Waals surface area (Å²) in [7, 11) is 0. The van der Waals surface area contributed by atoms with Crippen LogP contribution < -0.4 is 14.9 Å². The van der Waals surface area contributed by atoms with Crippen LogP contribution in [-0.2, 0) is 13.2 Å². The normalized spacial score (nSPS) is 10.9. The van der Waals surface area contributed by atoms with E-state index in [1.165, 1.54) is 3.57 Å². The summed E-state index contributed by atoms with van der Waals surface area (Å²) in [4.78, 5) is 0. The van der Waals surface area contributed by atoms with E-state index in [2.05, 4.69) is 57.4 Å². The lowest BCUT2D eigenvalue weighted by molar-refractivity contribution is 0.269. The van der Waals surface area contributed by atoms with Crippen LogP contribution in [0, 0.1) is 3.57 Å². The number of benzene rings is 3. The Morgan fingerprint density at radius 3 is 2.55 bits per heavy atom. The summed E-state index contributed by atoms with van der Waals surface area (Å²) < 4.78 is 12.9. The molecule has 0 spiro atoms. The molecule has 0 aliphatic rings. The fraction of sp³-hybridized carbons (Fsp3) is 0.174. The molecule has 0 bridgehead atoms. The molecule has 3 aromatic rings. The molecule has 0 fully saturated rings. The van der Waals surface area contributed by atoms with E-state index in [9.17, 15) is 0 Å². The van der Waals surface area contributed by atoms with Crippen LogP contribution in [0.1, 0.15) is 23.6 Å². The molecular weight excluding hydrogens is 499 g/mol. The third kappa shape index (κ3) is 6.65. The Labute approximate surface area is 190 Å². The largest absolute Gasteiger partial charge is 0.490 e. The standard InChI is InChI=1S/C23H22ClIN2O2/c1-2-28-23-13-18(14-26-27-15-19-5-3-4-6-21(19)24)9-12-22(23)29-16-17-7-10-20(25)11-8-17/h3-14,27H,2,15-16H2,1H3/b26-14-. The van der Waals surface area contributed by atoms with Crippen LogP contribution in [0.4, 0.5) is 0 Å². The lowest BCUT2D eigenvalue weighted by Crippen LogP contribution is -2.06. The Bertz CT molecular complexity index is 961. The van der Waals surface area contributed by atoms with Gasteiger partial charge in [0.15, 0.2) is 11.5 Å². The van der Waals surface area contributed by atoms with Gasteiger partial charge in [-0.3, -0.25) is 0 Å². The predicted molar refractivity (Wildman–Crippen MR) is 127 cm³/mol. The first-order valence-electron chi connectivity index (χ1n) is 9.29. The van der Waals surface area contributed by atoms with E-state index >= 15 is 0 Å². The highest BCUT2D eigenvalue weighted by Crippen LogP contribution is 2.29. The highest BCUT2D eigenvalue weighted by Gasteiger charge is 2.07. The van der Waals surface area contributed by atoms with Gasteiger partial charge < -0.3 is 14.9 Å². The number of ether oxygens (including phenoxy) is 2. The predicted octanol–water partition coefficient (Wildman–Crippen LogP) is 6.05. The Kier molecular flexibility index (Phi) is 8.19. The first kappa shape index (κ1) is 21.5. The maximum Gasteiger partial charge on any atom is 0.161 e.